The fourth-order valence-corrected chi connectivity index (χ4v) is 2.48. The number of hydrogen-bond donors (Lipinski definition) is 2. The maximum atomic E-state index is 4.19. The molecule has 1 aliphatic rings. The monoisotopic (exact) mass is 242 g/mol. The number of fused-ring (bicyclic) bond motifs is 1. The Kier molecular flexibility index (Phi) is 3.75. The van der Waals surface area contributed by atoms with E-state index < -0.39 is 0 Å². The smallest absolute Gasteiger partial charge is 0.0655 e. The average Bonchev–Trinajstić information content (AvgIpc) is 2.35. The Morgan fingerprint density at radius 1 is 1.28 bits per heavy atom. The van der Waals surface area contributed by atoms with Gasteiger partial charge in [-0.3, -0.25) is 0 Å². The summed E-state index contributed by atoms with van der Waals surface area (Å²) in [7, 11) is 1.97. The minimum atomic E-state index is 0.935. The lowest BCUT2D eigenvalue weighted by Crippen LogP contribution is -2.25. The summed E-state index contributed by atoms with van der Waals surface area (Å²) in [6, 6.07) is 6.65. The summed E-state index contributed by atoms with van der Waals surface area (Å²) in [5, 5.41) is 6.82. The zero-order valence-electron chi connectivity index (χ0n) is 11.6. The second-order valence-corrected chi connectivity index (χ2v) is 4.87. The third-order valence-electron chi connectivity index (χ3n) is 3.34. The summed E-state index contributed by atoms with van der Waals surface area (Å²) >= 11 is 0. The van der Waals surface area contributed by atoms with Gasteiger partial charge in [0.2, 0.25) is 0 Å². The van der Waals surface area contributed by atoms with Gasteiger partial charge in [0.05, 0.1) is 11.4 Å². The zero-order chi connectivity index (χ0) is 13.1. The number of aryl methyl sites for hydroxylation is 1. The van der Waals surface area contributed by atoms with E-state index in [2.05, 4.69) is 49.3 Å². The molecular formula is C16H22N2. The molecule has 1 aliphatic carbocycles. The molecule has 0 bridgehead atoms. The maximum Gasteiger partial charge on any atom is 0.0655 e. The van der Waals surface area contributed by atoms with Crippen LogP contribution < -0.4 is 10.6 Å². The third kappa shape index (κ3) is 2.28. The van der Waals surface area contributed by atoms with Crippen molar-refractivity contribution in [2.75, 3.05) is 13.6 Å². The molecule has 18 heavy (non-hydrogen) atoms. The van der Waals surface area contributed by atoms with E-state index in [-0.39, 0.29) is 0 Å². The Bertz CT molecular complexity index is 498. The van der Waals surface area contributed by atoms with Gasteiger partial charge < -0.3 is 10.6 Å². The zero-order valence-corrected chi connectivity index (χ0v) is 11.6. The van der Waals surface area contributed by atoms with Crippen molar-refractivity contribution >= 4 is 5.70 Å². The summed E-state index contributed by atoms with van der Waals surface area (Å²) in [4.78, 5) is 0. The van der Waals surface area contributed by atoms with Crippen LogP contribution in [-0.4, -0.2) is 13.6 Å². The second-order valence-electron chi connectivity index (χ2n) is 4.87. The van der Waals surface area contributed by atoms with Crippen LogP contribution in [0, 0.1) is 6.92 Å². The number of likely N-dealkylation sites (N-methyl/N-ethyl adjacent to an activating group) is 1. The Labute approximate surface area is 110 Å². The number of rotatable bonds is 4. The molecule has 2 N–H and O–H groups in total. The first-order valence-corrected chi connectivity index (χ1v) is 6.61. The Morgan fingerprint density at radius 3 is 2.72 bits per heavy atom. The van der Waals surface area contributed by atoms with Crippen LogP contribution in [-0.2, 0) is 6.42 Å². The van der Waals surface area contributed by atoms with Crippen LogP contribution in [0.3, 0.4) is 0 Å². The van der Waals surface area contributed by atoms with Crippen LogP contribution in [0.2, 0.25) is 0 Å². The average molecular weight is 242 g/mol. The van der Waals surface area contributed by atoms with Crippen LogP contribution >= 0.6 is 0 Å². The minimum absolute atomic E-state index is 0.935. The predicted octanol–water partition coefficient (Wildman–Crippen LogP) is 2.99. The molecule has 1 aromatic carbocycles. The van der Waals surface area contributed by atoms with Crippen molar-refractivity contribution < 1.29 is 0 Å². The first-order chi connectivity index (χ1) is 8.67. The van der Waals surface area contributed by atoms with Gasteiger partial charge >= 0.3 is 0 Å². The van der Waals surface area contributed by atoms with Crippen molar-refractivity contribution in [3.8, 4) is 0 Å². The quantitative estimate of drug-likeness (QED) is 0.848. The van der Waals surface area contributed by atoms with E-state index in [9.17, 15) is 0 Å². The highest BCUT2D eigenvalue weighted by Gasteiger charge is 2.20. The predicted molar refractivity (Wildman–Crippen MR) is 78.3 cm³/mol. The molecule has 1 aromatic rings. The second kappa shape index (κ2) is 5.30. The normalized spacial score (nSPS) is 14.5. The van der Waals surface area contributed by atoms with Gasteiger partial charge in [-0.25, -0.2) is 0 Å². The first-order valence-electron chi connectivity index (χ1n) is 6.61. The van der Waals surface area contributed by atoms with Gasteiger partial charge in [-0.1, -0.05) is 37.3 Å². The fraction of sp³-hybridized carbons (Fsp3) is 0.375. The van der Waals surface area contributed by atoms with E-state index in [1.807, 2.05) is 7.05 Å². The molecular weight excluding hydrogens is 220 g/mol. The lowest BCUT2D eigenvalue weighted by molar-refractivity contribution is 0.802. The number of allylic oxidation sites excluding steroid dienone is 1. The molecule has 0 aromatic heterocycles. The first kappa shape index (κ1) is 12.7. The van der Waals surface area contributed by atoms with E-state index in [1.165, 1.54) is 22.4 Å². The fourth-order valence-electron chi connectivity index (χ4n) is 2.48. The largest absolute Gasteiger partial charge is 0.386 e. The minimum Gasteiger partial charge on any atom is -0.386 e. The molecule has 0 radical (unpaired) electrons. The van der Waals surface area contributed by atoms with Crippen LogP contribution in [0.4, 0.5) is 0 Å². The molecule has 2 nitrogen and oxygen atoms in total. The molecule has 0 saturated carbocycles. The van der Waals surface area contributed by atoms with E-state index in [0.717, 1.165) is 30.7 Å². The van der Waals surface area contributed by atoms with Crippen molar-refractivity contribution in [1.29, 1.82) is 0 Å². The highest BCUT2D eigenvalue weighted by Crippen LogP contribution is 2.31. The lowest BCUT2D eigenvalue weighted by atomic mass is 9.88. The van der Waals surface area contributed by atoms with Crippen molar-refractivity contribution in [1.82, 2.24) is 10.6 Å². The maximum absolute atomic E-state index is 4.19. The van der Waals surface area contributed by atoms with Gasteiger partial charge in [-0.2, -0.15) is 0 Å². The standard InChI is InChI=1S/C16H22N2/c1-5-8-18-16-14-7-6-11(2)9-13(14)10-12(3)15(16)17-4/h6-7,9,17-18H,3,5,8,10H2,1-2,4H3. The molecule has 0 atom stereocenters. The highest BCUT2D eigenvalue weighted by atomic mass is 14.9. The number of hydrogen-bond acceptors (Lipinski definition) is 2. The van der Waals surface area contributed by atoms with Crippen LogP contribution in [0.25, 0.3) is 5.70 Å². The molecule has 2 heteroatoms. The van der Waals surface area contributed by atoms with Gasteiger partial charge in [0, 0.05) is 19.2 Å². The summed E-state index contributed by atoms with van der Waals surface area (Å²) < 4.78 is 0. The highest BCUT2D eigenvalue weighted by molar-refractivity contribution is 5.76. The van der Waals surface area contributed by atoms with Gasteiger partial charge in [0.15, 0.2) is 0 Å². The van der Waals surface area contributed by atoms with Gasteiger partial charge in [0.25, 0.3) is 0 Å². The SMILES string of the molecule is C=C1Cc2cc(C)ccc2C(NCCC)=C1NC. The van der Waals surface area contributed by atoms with Crippen LogP contribution in [0.5, 0.6) is 0 Å². The molecule has 0 aliphatic heterocycles. The van der Waals surface area contributed by atoms with Gasteiger partial charge in [-0.05, 0) is 30.9 Å². The molecule has 0 saturated heterocycles. The third-order valence-corrected chi connectivity index (χ3v) is 3.34. The topological polar surface area (TPSA) is 24.1 Å². The molecule has 0 unspecified atom stereocenters. The molecule has 2 rings (SSSR count). The Morgan fingerprint density at radius 2 is 2.06 bits per heavy atom. The van der Waals surface area contributed by atoms with Crippen LogP contribution in [0.1, 0.15) is 30.0 Å². The molecule has 0 spiro atoms. The molecule has 0 heterocycles. The Balaban J connectivity index is 2.50. The van der Waals surface area contributed by atoms with Crippen LogP contribution in [0.15, 0.2) is 36.0 Å². The lowest BCUT2D eigenvalue weighted by Gasteiger charge is -2.26. The summed E-state index contributed by atoms with van der Waals surface area (Å²) in [5.41, 5.74) is 7.51. The van der Waals surface area contributed by atoms with Gasteiger partial charge in [0.1, 0.15) is 0 Å². The molecule has 96 valence electrons. The number of benzene rings is 1. The molecule has 0 fully saturated rings. The Hall–Kier alpha value is -1.70. The summed E-state index contributed by atoms with van der Waals surface area (Å²) in [6.45, 7) is 9.50. The number of nitrogens with one attached hydrogen (secondary N) is 2. The summed E-state index contributed by atoms with van der Waals surface area (Å²) in [5.74, 6) is 0. The summed E-state index contributed by atoms with van der Waals surface area (Å²) in [6.07, 6.45) is 2.05. The van der Waals surface area contributed by atoms with Crippen molar-refractivity contribution in [3.05, 3.63) is 52.7 Å². The molecule has 0 amide bonds. The van der Waals surface area contributed by atoms with Crippen molar-refractivity contribution in [2.24, 2.45) is 0 Å². The van der Waals surface area contributed by atoms with E-state index >= 15 is 0 Å². The van der Waals surface area contributed by atoms with Crippen molar-refractivity contribution in [3.63, 3.8) is 0 Å². The van der Waals surface area contributed by atoms with E-state index in [0.29, 0.717) is 0 Å². The van der Waals surface area contributed by atoms with E-state index in [1.54, 1.807) is 0 Å². The van der Waals surface area contributed by atoms with Crippen molar-refractivity contribution in [2.45, 2.75) is 26.7 Å². The van der Waals surface area contributed by atoms with E-state index in [4.69, 9.17) is 0 Å². The van der Waals surface area contributed by atoms with Gasteiger partial charge in [-0.15, -0.1) is 0 Å².